The van der Waals surface area contributed by atoms with Gasteiger partial charge in [-0.05, 0) is 63.2 Å². The van der Waals surface area contributed by atoms with Gasteiger partial charge in [0.2, 0.25) is 0 Å². The van der Waals surface area contributed by atoms with Crippen molar-refractivity contribution < 1.29 is 17.9 Å². The number of furan rings is 1. The second kappa shape index (κ2) is 8.31. The van der Waals surface area contributed by atoms with Crippen LogP contribution in [0.3, 0.4) is 0 Å². The molecule has 0 saturated carbocycles. The van der Waals surface area contributed by atoms with E-state index in [1.54, 1.807) is 0 Å². The number of halogens is 2. The third kappa shape index (κ3) is 4.10. The SMILES string of the molecule is Fc1cc(COc2ccc([SH](c3ccccc3)c3ccccc3)cc2)oc1F. The van der Waals surface area contributed by atoms with Crippen LogP contribution >= 0.6 is 10.9 Å². The zero-order valence-corrected chi connectivity index (χ0v) is 15.8. The van der Waals surface area contributed by atoms with Crippen molar-refractivity contribution in [2.24, 2.45) is 0 Å². The number of hydrogen-bond donors (Lipinski definition) is 1. The molecule has 0 atom stereocenters. The minimum atomic E-state index is -1.22. The molecule has 0 aliphatic rings. The van der Waals surface area contributed by atoms with Gasteiger partial charge in [-0.1, -0.05) is 36.4 Å². The summed E-state index contributed by atoms with van der Waals surface area (Å²) in [6.45, 7) is -0.0354. The molecule has 0 unspecified atom stereocenters. The van der Waals surface area contributed by atoms with E-state index in [1.165, 1.54) is 14.7 Å². The fourth-order valence-corrected chi connectivity index (χ4v) is 5.19. The van der Waals surface area contributed by atoms with Crippen molar-refractivity contribution in [1.29, 1.82) is 0 Å². The highest BCUT2D eigenvalue weighted by molar-refractivity contribution is 8.17. The van der Waals surface area contributed by atoms with Gasteiger partial charge in [-0.25, -0.2) is 0 Å². The summed E-state index contributed by atoms with van der Waals surface area (Å²) in [6, 6.07) is 28.4. The van der Waals surface area contributed by atoms with Crippen LogP contribution in [0.4, 0.5) is 8.78 Å². The summed E-state index contributed by atoms with van der Waals surface area (Å²) >= 11 is 0. The van der Waals surface area contributed by atoms with Crippen LogP contribution in [0.15, 0.2) is 110 Å². The van der Waals surface area contributed by atoms with Crippen LogP contribution in [-0.4, -0.2) is 0 Å². The van der Waals surface area contributed by atoms with E-state index in [2.05, 4.69) is 28.7 Å². The molecule has 0 fully saturated rings. The van der Waals surface area contributed by atoms with E-state index in [9.17, 15) is 8.78 Å². The Morgan fingerprint density at radius 1 is 0.714 bits per heavy atom. The van der Waals surface area contributed by atoms with E-state index in [-0.39, 0.29) is 12.4 Å². The Hall–Kier alpha value is -3.05. The van der Waals surface area contributed by atoms with Gasteiger partial charge in [0.05, 0.1) is 0 Å². The van der Waals surface area contributed by atoms with Gasteiger partial charge >= 0.3 is 6.01 Å². The molecule has 0 aliphatic carbocycles. The molecule has 0 bridgehead atoms. The zero-order chi connectivity index (χ0) is 19.3. The first-order valence-corrected chi connectivity index (χ1v) is 10.1. The first-order chi connectivity index (χ1) is 13.7. The maximum Gasteiger partial charge on any atom is 0.314 e. The lowest BCUT2D eigenvalue weighted by molar-refractivity contribution is 0.239. The normalized spacial score (nSPS) is 11.3. The van der Waals surface area contributed by atoms with E-state index in [4.69, 9.17) is 4.74 Å². The monoisotopic (exact) mass is 396 g/mol. The molecule has 0 amide bonds. The Morgan fingerprint density at radius 3 is 1.75 bits per heavy atom. The quantitative estimate of drug-likeness (QED) is 0.370. The summed E-state index contributed by atoms with van der Waals surface area (Å²) in [5.74, 6) is -0.294. The molecule has 4 aromatic rings. The fraction of sp³-hybridized carbons (Fsp3) is 0.0435. The van der Waals surface area contributed by atoms with Gasteiger partial charge < -0.3 is 9.15 Å². The Labute approximate surface area is 164 Å². The van der Waals surface area contributed by atoms with E-state index in [0.29, 0.717) is 5.75 Å². The highest BCUT2D eigenvalue weighted by atomic mass is 32.2. The number of thiol groups is 1. The molecule has 0 spiro atoms. The highest BCUT2D eigenvalue weighted by Crippen LogP contribution is 2.51. The summed E-state index contributed by atoms with van der Waals surface area (Å²) in [6.07, 6.45) is 0. The summed E-state index contributed by atoms with van der Waals surface area (Å²) in [7, 11) is -0.686. The van der Waals surface area contributed by atoms with Crippen LogP contribution in [0.25, 0.3) is 0 Å². The van der Waals surface area contributed by atoms with Crippen LogP contribution in [0, 0.1) is 11.8 Å². The zero-order valence-electron chi connectivity index (χ0n) is 14.9. The second-order valence-electron chi connectivity index (χ2n) is 6.12. The maximum atomic E-state index is 13.0. The largest absolute Gasteiger partial charge is 0.486 e. The Kier molecular flexibility index (Phi) is 5.44. The maximum absolute atomic E-state index is 13.0. The number of ether oxygens (including phenoxy) is 1. The Morgan fingerprint density at radius 2 is 1.25 bits per heavy atom. The van der Waals surface area contributed by atoms with E-state index >= 15 is 0 Å². The second-order valence-corrected chi connectivity index (χ2v) is 8.34. The topological polar surface area (TPSA) is 22.4 Å². The molecule has 1 aromatic heterocycles. The molecule has 1 heterocycles. The molecule has 28 heavy (non-hydrogen) atoms. The minimum Gasteiger partial charge on any atom is -0.486 e. The van der Waals surface area contributed by atoms with Crippen LogP contribution in [0.1, 0.15) is 5.76 Å². The predicted molar refractivity (Wildman–Crippen MR) is 106 cm³/mol. The van der Waals surface area contributed by atoms with Crippen LogP contribution in [0.2, 0.25) is 0 Å². The van der Waals surface area contributed by atoms with Crippen molar-refractivity contribution in [2.45, 2.75) is 21.3 Å². The molecule has 0 saturated heterocycles. The van der Waals surface area contributed by atoms with Gasteiger partial charge in [0.1, 0.15) is 18.1 Å². The standard InChI is InChI=1S/C23H18F2O2S/c24-22-15-18(27-23(22)25)16-26-17-11-13-21(14-12-17)28(19-7-3-1-4-8-19)20-9-5-2-6-10-20/h1-15,28H,16H2. The number of benzene rings is 3. The summed E-state index contributed by atoms with van der Waals surface area (Å²) < 4.78 is 36.2. The van der Waals surface area contributed by atoms with Crippen molar-refractivity contribution in [1.82, 2.24) is 0 Å². The third-order valence-corrected chi connectivity index (χ3v) is 6.64. The summed E-state index contributed by atoms with van der Waals surface area (Å²) in [4.78, 5) is 3.72. The van der Waals surface area contributed by atoms with Crippen molar-refractivity contribution in [3.63, 3.8) is 0 Å². The smallest absolute Gasteiger partial charge is 0.314 e. The molecule has 142 valence electrons. The first kappa shape index (κ1) is 18.3. The van der Waals surface area contributed by atoms with Gasteiger partial charge in [-0.3, -0.25) is 0 Å². The van der Waals surface area contributed by atoms with Gasteiger partial charge in [0, 0.05) is 6.07 Å². The molecule has 4 rings (SSSR count). The molecule has 0 N–H and O–H groups in total. The van der Waals surface area contributed by atoms with Crippen LogP contribution < -0.4 is 4.74 Å². The lowest BCUT2D eigenvalue weighted by Gasteiger charge is -2.23. The number of rotatable bonds is 6. The summed E-state index contributed by atoms with van der Waals surface area (Å²) in [5.41, 5.74) is 0. The first-order valence-electron chi connectivity index (χ1n) is 8.77. The predicted octanol–water partition coefficient (Wildman–Crippen LogP) is 6.62. The fourth-order valence-electron chi connectivity index (χ4n) is 2.91. The van der Waals surface area contributed by atoms with Crippen molar-refractivity contribution >= 4 is 10.9 Å². The molecule has 0 aliphatic heterocycles. The molecule has 2 nitrogen and oxygen atoms in total. The van der Waals surface area contributed by atoms with E-state index in [0.717, 1.165) is 6.07 Å². The lowest BCUT2D eigenvalue weighted by Crippen LogP contribution is -1.94. The molecule has 0 radical (unpaired) electrons. The lowest BCUT2D eigenvalue weighted by atomic mass is 10.3. The number of hydrogen-bond acceptors (Lipinski definition) is 2. The average molecular weight is 396 g/mol. The van der Waals surface area contributed by atoms with Crippen molar-refractivity contribution in [3.8, 4) is 5.75 Å². The highest BCUT2D eigenvalue weighted by Gasteiger charge is 2.13. The van der Waals surface area contributed by atoms with Gasteiger partial charge in [0.25, 0.3) is 0 Å². The van der Waals surface area contributed by atoms with Crippen molar-refractivity contribution in [2.75, 3.05) is 0 Å². The molecule has 3 aromatic carbocycles. The van der Waals surface area contributed by atoms with Gasteiger partial charge in [-0.15, -0.1) is 0 Å². The summed E-state index contributed by atoms with van der Waals surface area (Å²) in [5, 5.41) is 0. The van der Waals surface area contributed by atoms with Crippen LogP contribution in [-0.2, 0) is 6.61 Å². The van der Waals surface area contributed by atoms with E-state index in [1.807, 2.05) is 60.7 Å². The molecular weight excluding hydrogens is 378 g/mol. The van der Waals surface area contributed by atoms with Crippen molar-refractivity contribution in [3.05, 3.63) is 109 Å². The van der Waals surface area contributed by atoms with E-state index < -0.39 is 22.7 Å². The molecular formula is C23H18F2O2S. The molecule has 5 heteroatoms. The van der Waals surface area contributed by atoms with Gasteiger partial charge in [-0.2, -0.15) is 19.7 Å². The van der Waals surface area contributed by atoms with Crippen LogP contribution in [0.5, 0.6) is 5.75 Å². The minimum absolute atomic E-state index is 0.0354. The average Bonchev–Trinajstić information content (AvgIpc) is 3.07. The third-order valence-electron chi connectivity index (χ3n) is 4.20. The Balaban J connectivity index is 1.56. The Bertz CT molecular complexity index is 972. The van der Waals surface area contributed by atoms with Gasteiger partial charge in [0.15, 0.2) is 5.82 Å².